The summed E-state index contributed by atoms with van der Waals surface area (Å²) in [5.74, 6) is 0.344. The van der Waals surface area contributed by atoms with Gasteiger partial charge < -0.3 is 24.0 Å². The topological polar surface area (TPSA) is 97.9 Å². The average Bonchev–Trinajstić information content (AvgIpc) is 3.45. The summed E-state index contributed by atoms with van der Waals surface area (Å²) in [7, 11) is 1.54. The van der Waals surface area contributed by atoms with Gasteiger partial charge in [-0.3, -0.25) is 0 Å². The van der Waals surface area contributed by atoms with E-state index in [1.54, 1.807) is 18.2 Å². The average molecular weight is 550 g/mol. The number of hydrogen-bond acceptors (Lipinski definition) is 8. The van der Waals surface area contributed by atoms with E-state index in [9.17, 15) is 14.3 Å². The maximum atomic E-state index is 14.6. The number of anilines is 1. The van der Waals surface area contributed by atoms with Crippen LogP contribution in [0.1, 0.15) is 66.1 Å². The molecule has 39 heavy (non-hydrogen) atoms. The second-order valence-corrected chi connectivity index (χ2v) is 11.7. The number of aromatic nitrogens is 2. The molecule has 0 spiro atoms. The Bertz CT molecular complexity index is 1550. The molecular weight excluding hydrogens is 521 g/mol. The molecule has 4 heterocycles. The van der Waals surface area contributed by atoms with Crippen LogP contribution < -0.4 is 9.64 Å². The number of methoxy groups -OCH3 is 1. The molecule has 0 unspecified atom stereocenters. The van der Waals surface area contributed by atoms with Gasteiger partial charge >= 0.3 is 5.97 Å². The molecule has 2 saturated heterocycles. The quantitative estimate of drug-likeness (QED) is 0.270. The van der Waals surface area contributed by atoms with E-state index in [0.717, 1.165) is 59.7 Å². The number of aromatic carboxylic acids is 1. The molecule has 2 aromatic heterocycles. The Labute approximate surface area is 228 Å². The smallest absolute Gasteiger partial charge is 0.335 e. The molecule has 0 radical (unpaired) electrons. The first-order chi connectivity index (χ1) is 19.0. The van der Waals surface area contributed by atoms with Crippen LogP contribution in [-0.2, 0) is 11.3 Å². The number of nitrogens with zero attached hydrogens (tertiary/aromatic N) is 3. The molecule has 2 bridgehead atoms. The maximum Gasteiger partial charge on any atom is 0.335 e. The Morgan fingerprint density at radius 1 is 1.18 bits per heavy atom. The van der Waals surface area contributed by atoms with Crippen LogP contribution in [0.25, 0.3) is 21.5 Å². The third kappa shape index (κ3) is 4.35. The summed E-state index contributed by atoms with van der Waals surface area (Å²) in [6.45, 7) is 0.347. The van der Waals surface area contributed by atoms with E-state index in [1.807, 2.05) is 6.07 Å². The van der Waals surface area contributed by atoms with Crippen molar-refractivity contribution in [2.24, 2.45) is 0 Å². The van der Waals surface area contributed by atoms with Gasteiger partial charge in [0, 0.05) is 29.1 Å². The summed E-state index contributed by atoms with van der Waals surface area (Å²) in [6.07, 6.45) is 6.02. The van der Waals surface area contributed by atoms with Crippen LogP contribution in [0.2, 0.25) is 0 Å². The van der Waals surface area contributed by atoms with Crippen molar-refractivity contribution < 1.29 is 28.3 Å². The summed E-state index contributed by atoms with van der Waals surface area (Å²) in [5.41, 5.74) is 2.74. The minimum absolute atomic E-state index is 0.0664. The Morgan fingerprint density at radius 3 is 2.64 bits per heavy atom. The molecule has 202 valence electrons. The maximum absolute atomic E-state index is 14.6. The first kappa shape index (κ1) is 24.5. The summed E-state index contributed by atoms with van der Waals surface area (Å²) in [5, 5.41) is 14.6. The van der Waals surface area contributed by atoms with E-state index in [1.165, 1.54) is 30.6 Å². The SMILES string of the molecule is COc1cc(C(=O)O)cc2sc(N3[C@H]4CC[C@H]3CC(OCc3c(-c5ccccc5F)noc3C3CC3)C4)nc12. The lowest BCUT2D eigenvalue weighted by molar-refractivity contribution is 0.0147. The van der Waals surface area contributed by atoms with E-state index >= 15 is 0 Å². The van der Waals surface area contributed by atoms with Crippen LogP contribution in [-0.4, -0.2) is 46.5 Å². The second kappa shape index (κ2) is 9.60. The summed E-state index contributed by atoms with van der Waals surface area (Å²) in [4.78, 5) is 18.8. The van der Waals surface area contributed by atoms with Crippen LogP contribution >= 0.6 is 11.3 Å². The normalized spacial score (nSPS) is 22.5. The number of carboxylic acids is 1. The standard InChI is InChI=1S/C29H28FN3O5S/c1-36-23-10-16(28(34)35)11-24-26(23)31-29(39-24)33-17-8-9-18(33)13-19(12-17)37-14-21-25(20-4-2-3-5-22(20)30)32-38-27(21)15-6-7-15/h2-5,10-11,15,17-19H,6-9,12-14H2,1H3,(H,34,35)/t17-,18-/m0/s1. The highest BCUT2D eigenvalue weighted by molar-refractivity contribution is 7.22. The zero-order valence-electron chi connectivity index (χ0n) is 21.4. The van der Waals surface area contributed by atoms with E-state index < -0.39 is 5.97 Å². The molecular formula is C29H28FN3O5S. The number of halogens is 1. The van der Waals surface area contributed by atoms with Crippen molar-refractivity contribution in [3.05, 3.63) is 59.1 Å². The number of carbonyl (C=O) groups is 1. The van der Waals surface area contributed by atoms with E-state index in [0.29, 0.717) is 35.0 Å². The minimum atomic E-state index is -0.987. The minimum Gasteiger partial charge on any atom is -0.494 e. The van der Waals surface area contributed by atoms with Gasteiger partial charge in [0.05, 0.1) is 30.1 Å². The number of carboxylic acid groups (broad SMARTS) is 1. The Kier molecular flexibility index (Phi) is 6.04. The first-order valence-corrected chi connectivity index (χ1v) is 14.2. The predicted molar refractivity (Wildman–Crippen MR) is 144 cm³/mol. The van der Waals surface area contributed by atoms with Crippen molar-refractivity contribution in [1.29, 1.82) is 0 Å². The van der Waals surface area contributed by atoms with Crippen molar-refractivity contribution in [2.75, 3.05) is 12.0 Å². The molecule has 2 aromatic carbocycles. The van der Waals surface area contributed by atoms with Crippen molar-refractivity contribution in [1.82, 2.24) is 10.1 Å². The first-order valence-electron chi connectivity index (χ1n) is 13.3. The van der Waals surface area contributed by atoms with Gasteiger partial charge in [0.15, 0.2) is 5.13 Å². The van der Waals surface area contributed by atoms with Crippen molar-refractivity contribution >= 4 is 32.7 Å². The molecule has 1 saturated carbocycles. The third-order valence-corrected chi connectivity index (χ3v) is 9.20. The number of piperidine rings is 1. The Balaban J connectivity index is 1.11. The van der Waals surface area contributed by atoms with Crippen LogP contribution in [0.3, 0.4) is 0 Å². The van der Waals surface area contributed by atoms with Gasteiger partial charge in [-0.2, -0.15) is 0 Å². The van der Waals surface area contributed by atoms with Crippen molar-refractivity contribution in [3.8, 4) is 17.0 Å². The van der Waals surface area contributed by atoms with Crippen molar-refractivity contribution in [3.63, 3.8) is 0 Å². The number of hydrogen-bond donors (Lipinski definition) is 1. The number of benzene rings is 2. The van der Waals surface area contributed by atoms with Gasteiger partial charge in [-0.25, -0.2) is 14.2 Å². The van der Waals surface area contributed by atoms with Gasteiger partial charge in [-0.05, 0) is 62.8 Å². The second-order valence-electron chi connectivity index (χ2n) is 10.7. The molecule has 4 aromatic rings. The predicted octanol–water partition coefficient (Wildman–Crippen LogP) is 6.39. The van der Waals surface area contributed by atoms with Gasteiger partial charge in [0.25, 0.3) is 0 Å². The number of ether oxygens (including phenoxy) is 2. The molecule has 1 aliphatic carbocycles. The highest BCUT2D eigenvalue weighted by Crippen LogP contribution is 2.46. The monoisotopic (exact) mass is 549 g/mol. The zero-order valence-corrected chi connectivity index (χ0v) is 22.2. The van der Waals surface area contributed by atoms with Crippen LogP contribution in [0.4, 0.5) is 9.52 Å². The fraction of sp³-hybridized carbons (Fsp3) is 0.414. The van der Waals surface area contributed by atoms with Gasteiger partial charge in [-0.15, -0.1) is 0 Å². The van der Waals surface area contributed by atoms with E-state index in [2.05, 4.69) is 10.1 Å². The molecule has 7 rings (SSSR count). The van der Waals surface area contributed by atoms with Gasteiger partial charge in [0.1, 0.15) is 28.5 Å². The summed E-state index contributed by atoms with van der Waals surface area (Å²) >= 11 is 1.51. The van der Waals surface area contributed by atoms with Crippen LogP contribution in [0, 0.1) is 5.82 Å². The van der Waals surface area contributed by atoms with Gasteiger partial charge in [-0.1, -0.05) is 28.6 Å². The number of rotatable bonds is 8. The largest absolute Gasteiger partial charge is 0.494 e. The molecule has 2 aliphatic heterocycles. The highest BCUT2D eigenvalue weighted by Gasteiger charge is 2.43. The lowest BCUT2D eigenvalue weighted by atomic mass is 10.00. The van der Waals surface area contributed by atoms with Gasteiger partial charge in [0.2, 0.25) is 0 Å². The van der Waals surface area contributed by atoms with Crippen molar-refractivity contribution in [2.45, 2.75) is 69.2 Å². The Morgan fingerprint density at radius 2 is 1.95 bits per heavy atom. The molecule has 1 N–H and O–H groups in total. The molecule has 0 amide bonds. The fourth-order valence-corrected chi connectivity index (χ4v) is 7.31. The van der Waals surface area contributed by atoms with Crippen LogP contribution in [0.15, 0.2) is 40.9 Å². The number of thiazole rings is 1. The van der Waals surface area contributed by atoms with E-state index in [4.69, 9.17) is 19.0 Å². The fourth-order valence-electron chi connectivity index (χ4n) is 6.15. The molecule has 8 nitrogen and oxygen atoms in total. The molecule has 3 fully saturated rings. The summed E-state index contributed by atoms with van der Waals surface area (Å²) < 4.78 is 33.1. The van der Waals surface area contributed by atoms with E-state index in [-0.39, 0.29) is 29.6 Å². The number of fused-ring (bicyclic) bond motifs is 3. The zero-order chi connectivity index (χ0) is 26.7. The summed E-state index contributed by atoms with van der Waals surface area (Å²) in [6, 6.07) is 10.4. The lowest BCUT2D eigenvalue weighted by Gasteiger charge is -2.38. The molecule has 10 heteroatoms. The molecule has 2 atom stereocenters. The molecule has 3 aliphatic rings. The Hall–Kier alpha value is -3.50. The van der Waals surface area contributed by atoms with Crippen LogP contribution in [0.5, 0.6) is 5.75 Å². The highest BCUT2D eigenvalue weighted by atomic mass is 32.1. The third-order valence-electron chi connectivity index (χ3n) is 8.19. The lowest BCUT2D eigenvalue weighted by Crippen LogP contribution is -2.45.